The number of aliphatic hydroxyl groups excluding tert-OH is 1. The van der Waals surface area contributed by atoms with Crippen LogP contribution in [0.2, 0.25) is 0 Å². The molecule has 0 saturated carbocycles. The van der Waals surface area contributed by atoms with Crippen LogP contribution in [0.25, 0.3) is 0 Å². The lowest BCUT2D eigenvalue weighted by atomic mass is 10.2. The molecule has 4 nitrogen and oxygen atoms in total. The molecule has 2 rings (SSSR count). The molecule has 126 valence electrons. The molecular formula is C18H24ClNO3. The van der Waals surface area contributed by atoms with Gasteiger partial charge in [-0.3, -0.25) is 0 Å². The summed E-state index contributed by atoms with van der Waals surface area (Å²) in [5, 5.41) is 11.9. The summed E-state index contributed by atoms with van der Waals surface area (Å²) in [6.45, 7) is 4.47. The van der Waals surface area contributed by atoms with Gasteiger partial charge in [0.1, 0.15) is 6.61 Å². The molecular weight excluding hydrogens is 314 g/mol. The van der Waals surface area contributed by atoms with E-state index in [1.165, 1.54) is 0 Å². The lowest BCUT2D eigenvalue weighted by molar-refractivity contribution is 0.269. The lowest BCUT2D eigenvalue weighted by Gasteiger charge is -2.14. The van der Waals surface area contributed by atoms with E-state index in [1.807, 2.05) is 55.5 Å². The van der Waals surface area contributed by atoms with Crippen LogP contribution in [0.4, 0.5) is 0 Å². The summed E-state index contributed by atoms with van der Waals surface area (Å²) in [6, 6.07) is 16.0. The van der Waals surface area contributed by atoms with Crippen LogP contribution in [0.5, 0.6) is 11.5 Å². The Morgan fingerprint density at radius 2 is 1.74 bits per heavy atom. The summed E-state index contributed by atoms with van der Waals surface area (Å²) in [7, 11) is 0. The van der Waals surface area contributed by atoms with Crippen molar-refractivity contribution in [3.8, 4) is 11.5 Å². The van der Waals surface area contributed by atoms with Crippen LogP contribution in [0.15, 0.2) is 48.5 Å². The van der Waals surface area contributed by atoms with E-state index in [4.69, 9.17) is 14.6 Å². The van der Waals surface area contributed by atoms with Gasteiger partial charge in [-0.25, -0.2) is 0 Å². The smallest absolute Gasteiger partial charge is 0.161 e. The van der Waals surface area contributed by atoms with Crippen LogP contribution in [0, 0.1) is 0 Å². The first-order valence-electron chi connectivity index (χ1n) is 7.57. The zero-order chi connectivity index (χ0) is 15.6. The Labute approximate surface area is 143 Å². The van der Waals surface area contributed by atoms with Gasteiger partial charge in [-0.15, -0.1) is 12.4 Å². The molecule has 0 unspecified atom stereocenters. The molecule has 0 fully saturated rings. The molecule has 2 aromatic carbocycles. The Bertz CT molecular complexity index is 563. The third-order valence-electron chi connectivity index (χ3n) is 3.16. The Morgan fingerprint density at radius 3 is 2.43 bits per heavy atom. The highest BCUT2D eigenvalue weighted by Gasteiger charge is 2.07. The maximum atomic E-state index is 8.80. The van der Waals surface area contributed by atoms with Crippen LogP contribution in [0.1, 0.15) is 18.1 Å². The highest BCUT2D eigenvalue weighted by atomic mass is 35.5. The first-order valence-corrected chi connectivity index (χ1v) is 7.57. The van der Waals surface area contributed by atoms with Crippen molar-refractivity contribution in [2.45, 2.75) is 20.1 Å². The van der Waals surface area contributed by atoms with Gasteiger partial charge in [0.2, 0.25) is 0 Å². The largest absolute Gasteiger partial charge is 0.490 e. The molecule has 0 saturated heterocycles. The minimum absolute atomic E-state index is 0. The van der Waals surface area contributed by atoms with Crippen molar-refractivity contribution in [3.63, 3.8) is 0 Å². The van der Waals surface area contributed by atoms with Gasteiger partial charge < -0.3 is 19.9 Å². The summed E-state index contributed by atoms with van der Waals surface area (Å²) >= 11 is 0. The number of hydrogen-bond acceptors (Lipinski definition) is 4. The fraction of sp³-hybridized carbons (Fsp3) is 0.333. The summed E-state index contributed by atoms with van der Waals surface area (Å²) < 4.78 is 11.5. The summed E-state index contributed by atoms with van der Waals surface area (Å²) in [6.07, 6.45) is 0. The minimum Gasteiger partial charge on any atom is -0.490 e. The maximum Gasteiger partial charge on any atom is 0.161 e. The molecule has 2 aromatic rings. The van der Waals surface area contributed by atoms with Crippen LogP contribution in [-0.4, -0.2) is 24.9 Å². The summed E-state index contributed by atoms with van der Waals surface area (Å²) in [5.74, 6) is 1.50. The fourth-order valence-corrected chi connectivity index (χ4v) is 2.10. The van der Waals surface area contributed by atoms with Gasteiger partial charge in [-0.05, 0) is 30.2 Å². The van der Waals surface area contributed by atoms with Crippen molar-refractivity contribution in [2.24, 2.45) is 0 Å². The standard InChI is InChI=1S/C18H23NO3.ClH/c1-2-21-18-12-16(13-19-10-11-20)8-9-17(18)22-14-15-6-4-3-5-7-15;/h3-9,12,19-20H,2,10-11,13-14H2,1H3;1H. The predicted octanol–water partition coefficient (Wildman–Crippen LogP) is 3.17. The molecule has 5 heteroatoms. The van der Waals surface area contributed by atoms with Crippen LogP contribution in [-0.2, 0) is 13.2 Å². The summed E-state index contributed by atoms with van der Waals surface area (Å²) in [5.41, 5.74) is 2.22. The third kappa shape index (κ3) is 6.48. The maximum absolute atomic E-state index is 8.80. The quantitative estimate of drug-likeness (QED) is 0.690. The second-order valence-electron chi connectivity index (χ2n) is 4.89. The second kappa shape index (κ2) is 10.9. The van der Waals surface area contributed by atoms with E-state index >= 15 is 0 Å². The van der Waals surface area contributed by atoms with Gasteiger partial charge in [0.25, 0.3) is 0 Å². The zero-order valence-corrected chi connectivity index (χ0v) is 14.1. The second-order valence-corrected chi connectivity index (χ2v) is 4.89. The predicted molar refractivity (Wildman–Crippen MR) is 94.4 cm³/mol. The molecule has 23 heavy (non-hydrogen) atoms. The number of rotatable bonds is 9. The van der Waals surface area contributed by atoms with Gasteiger partial charge in [0.05, 0.1) is 13.2 Å². The minimum atomic E-state index is 0. The van der Waals surface area contributed by atoms with Gasteiger partial charge in [-0.2, -0.15) is 0 Å². The van der Waals surface area contributed by atoms with Crippen LogP contribution in [0.3, 0.4) is 0 Å². The molecule has 0 aromatic heterocycles. The normalized spacial score (nSPS) is 10.0. The molecule has 0 spiro atoms. The van der Waals surface area contributed by atoms with Gasteiger partial charge >= 0.3 is 0 Å². The number of halogens is 1. The van der Waals surface area contributed by atoms with Crippen LogP contribution < -0.4 is 14.8 Å². The number of nitrogens with one attached hydrogen (secondary N) is 1. The average molecular weight is 338 g/mol. The highest BCUT2D eigenvalue weighted by molar-refractivity contribution is 5.85. The van der Waals surface area contributed by atoms with Crippen molar-refractivity contribution in [2.75, 3.05) is 19.8 Å². The van der Waals surface area contributed by atoms with E-state index < -0.39 is 0 Å². The molecule has 0 aliphatic heterocycles. The molecule has 2 N–H and O–H groups in total. The van der Waals surface area contributed by atoms with Crippen molar-refractivity contribution in [3.05, 3.63) is 59.7 Å². The number of hydrogen-bond donors (Lipinski definition) is 2. The molecule has 0 atom stereocenters. The molecule has 0 radical (unpaired) electrons. The SMILES string of the molecule is CCOc1cc(CNCCO)ccc1OCc1ccccc1.Cl. The van der Waals surface area contributed by atoms with Crippen molar-refractivity contribution in [1.82, 2.24) is 5.32 Å². The van der Waals surface area contributed by atoms with Crippen molar-refractivity contribution < 1.29 is 14.6 Å². The number of ether oxygens (including phenoxy) is 2. The molecule has 0 bridgehead atoms. The topological polar surface area (TPSA) is 50.7 Å². The van der Waals surface area contributed by atoms with E-state index in [0.29, 0.717) is 26.3 Å². The Kier molecular flexibility index (Phi) is 9.14. The fourth-order valence-electron chi connectivity index (χ4n) is 2.10. The summed E-state index contributed by atoms with van der Waals surface area (Å²) in [4.78, 5) is 0. The van der Waals surface area contributed by atoms with E-state index in [0.717, 1.165) is 22.6 Å². The molecule has 0 aliphatic rings. The molecule has 0 amide bonds. The van der Waals surface area contributed by atoms with Gasteiger partial charge in [0.15, 0.2) is 11.5 Å². The van der Waals surface area contributed by atoms with Crippen molar-refractivity contribution >= 4 is 12.4 Å². The Morgan fingerprint density at radius 1 is 0.957 bits per heavy atom. The van der Waals surface area contributed by atoms with E-state index in [2.05, 4.69) is 5.32 Å². The molecule has 0 aliphatic carbocycles. The lowest BCUT2D eigenvalue weighted by Crippen LogP contribution is -2.17. The highest BCUT2D eigenvalue weighted by Crippen LogP contribution is 2.29. The number of aliphatic hydroxyl groups is 1. The van der Waals surface area contributed by atoms with Gasteiger partial charge in [0, 0.05) is 13.1 Å². The monoisotopic (exact) mass is 337 g/mol. The first kappa shape index (κ1) is 19.3. The third-order valence-corrected chi connectivity index (χ3v) is 3.16. The zero-order valence-electron chi connectivity index (χ0n) is 13.3. The van der Waals surface area contributed by atoms with E-state index in [9.17, 15) is 0 Å². The average Bonchev–Trinajstić information content (AvgIpc) is 2.56. The van der Waals surface area contributed by atoms with Gasteiger partial charge in [-0.1, -0.05) is 36.4 Å². The first-order chi connectivity index (χ1) is 10.8. The molecule has 0 heterocycles. The number of benzene rings is 2. The van der Waals surface area contributed by atoms with Crippen molar-refractivity contribution in [1.29, 1.82) is 0 Å². The van der Waals surface area contributed by atoms with E-state index in [-0.39, 0.29) is 19.0 Å². The van der Waals surface area contributed by atoms with E-state index in [1.54, 1.807) is 0 Å². The Hall–Kier alpha value is -1.75. The Balaban J connectivity index is 0.00000264. The van der Waals surface area contributed by atoms with Crippen LogP contribution >= 0.6 is 12.4 Å².